The van der Waals surface area contributed by atoms with Crippen LogP contribution in [-0.4, -0.2) is 26.4 Å². The summed E-state index contributed by atoms with van der Waals surface area (Å²) >= 11 is 0. The molecule has 20 heavy (non-hydrogen) atoms. The first-order valence-electron chi connectivity index (χ1n) is 6.56. The lowest BCUT2D eigenvalue weighted by molar-refractivity contribution is -0.175. The summed E-state index contributed by atoms with van der Waals surface area (Å²) in [7, 11) is 1.73. The fraction of sp³-hybridized carbons (Fsp3) is 0.600. The highest BCUT2D eigenvalue weighted by molar-refractivity contribution is 5.45. The van der Waals surface area contributed by atoms with E-state index in [4.69, 9.17) is 4.74 Å². The molecule has 1 aromatic rings. The molecular weight excluding hydrogens is 267 g/mol. The Morgan fingerprint density at radius 3 is 2.00 bits per heavy atom. The molecule has 2 nitrogen and oxygen atoms in total. The fourth-order valence-electron chi connectivity index (χ4n) is 2.37. The number of rotatable bonds is 5. The van der Waals surface area contributed by atoms with E-state index in [-0.39, 0.29) is 12.6 Å². The first-order valence-corrected chi connectivity index (χ1v) is 6.56. The first-order chi connectivity index (χ1) is 9.17. The van der Waals surface area contributed by atoms with Gasteiger partial charge in [-0.1, -0.05) is 6.07 Å². The van der Waals surface area contributed by atoms with Crippen LogP contribution in [0.1, 0.15) is 33.9 Å². The Bertz CT molecular complexity index is 443. The van der Waals surface area contributed by atoms with Crippen LogP contribution in [0.15, 0.2) is 6.07 Å². The van der Waals surface area contributed by atoms with E-state index in [2.05, 4.69) is 11.4 Å². The highest BCUT2D eigenvalue weighted by Gasteiger charge is 2.28. The molecule has 1 N–H and O–H groups in total. The number of hydrogen-bond donors (Lipinski definition) is 1. The van der Waals surface area contributed by atoms with E-state index in [9.17, 15) is 13.2 Å². The van der Waals surface area contributed by atoms with Gasteiger partial charge in [0.2, 0.25) is 0 Å². The van der Waals surface area contributed by atoms with Gasteiger partial charge in [0.05, 0.1) is 12.6 Å². The molecule has 0 spiro atoms. The van der Waals surface area contributed by atoms with Gasteiger partial charge in [-0.15, -0.1) is 0 Å². The Hall–Kier alpha value is -1.07. The Kier molecular flexibility index (Phi) is 5.59. The van der Waals surface area contributed by atoms with Crippen molar-refractivity contribution >= 4 is 0 Å². The minimum atomic E-state index is -4.29. The van der Waals surface area contributed by atoms with Gasteiger partial charge in [-0.2, -0.15) is 13.2 Å². The number of halogens is 3. The smallest absolute Gasteiger partial charge is 0.370 e. The topological polar surface area (TPSA) is 21.3 Å². The second-order valence-electron chi connectivity index (χ2n) is 5.15. The van der Waals surface area contributed by atoms with E-state index < -0.39 is 12.8 Å². The largest absolute Gasteiger partial charge is 0.411 e. The summed E-state index contributed by atoms with van der Waals surface area (Å²) in [6.07, 6.45) is -4.29. The van der Waals surface area contributed by atoms with Crippen LogP contribution in [0.3, 0.4) is 0 Å². The number of hydrogen-bond acceptors (Lipinski definition) is 2. The van der Waals surface area contributed by atoms with Crippen LogP contribution in [0, 0.1) is 27.7 Å². The minimum Gasteiger partial charge on any atom is -0.370 e. The molecule has 1 rings (SSSR count). The van der Waals surface area contributed by atoms with Gasteiger partial charge in [0.25, 0.3) is 0 Å². The highest BCUT2D eigenvalue weighted by atomic mass is 19.4. The second-order valence-corrected chi connectivity index (χ2v) is 5.15. The third kappa shape index (κ3) is 4.21. The summed E-state index contributed by atoms with van der Waals surface area (Å²) in [5, 5.41) is 3.05. The molecule has 0 saturated carbocycles. The summed E-state index contributed by atoms with van der Waals surface area (Å²) in [5.74, 6) is 0. The second kappa shape index (κ2) is 6.59. The SMILES string of the molecule is CNC(COCC(F)(F)F)c1c(C)c(C)cc(C)c1C. The van der Waals surface area contributed by atoms with Gasteiger partial charge in [0.15, 0.2) is 0 Å². The Balaban J connectivity index is 2.96. The predicted molar refractivity (Wildman–Crippen MR) is 74.1 cm³/mol. The van der Waals surface area contributed by atoms with Crippen molar-refractivity contribution in [2.45, 2.75) is 39.9 Å². The molecule has 1 atom stereocenters. The van der Waals surface area contributed by atoms with Crippen molar-refractivity contribution in [2.75, 3.05) is 20.3 Å². The lowest BCUT2D eigenvalue weighted by Gasteiger charge is -2.24. The number of ether oxygens (including phenoxy) is 1. The van der Waals surface area contributed by atoms with Crippen LogP contribution in [0.5, 0.6) is 0 Å². The number of nitrogens with one attached hydrogen (secondary N) is 1. The molecule has 0 radical (unpaired) electrons. The van der Waals surface area contributed by atoms with Crippen LogP contribution in [0.4, 0.5) is 13.2 Å². The highest BCUT2D eigenvalue weighted by Crippen LogP contribution is 2.28. The average Bonchev–Trinajstić information content (AvgIpc) is 2.33. The molecule has 5 heteroatoms. The van der Waals surface area contributed by atoms with E-state index >= 15 is 0 Å². The van der Waals surface area contributed by atoms with Crippen molar-refractivity contribution in [1.29, 1.82) is 0 Å². The number of likely N-dealkylation sites (N-methyl/N-ethyl adjacent to an activating group) is 1. The van der Waals surface area contributed by atoms with Gasteiger partial charge in [0, 0.05) is 0 Å². The van der Waals surface area contributed by atoms with Crippen LogP contribution in [0.2, 0.25) is 0 Å². The summed E-state index contributed by atoms with van der Waals surface area (Å²) in [4.78, 5) is 0. The van der Waals surface area contributed by atoms with Crippen molar-refractivity contribution in [2.24, 2.45) is 0 Å². The maximum atomic E-state index is 12.2. The molecule has 0 aliphatic carbocycles. The van der Waals surface area contributed by atoms with Gasteiger partial charge >= 0.3 is 6.18 Å². The molecule has 0 amide bonds. The van der Waals surface area contributed by atoms with E-state index in [1.165, 1.54) is 0 Å². The zero-order valence-electron chi connectivity index (χ0n) is 12.6. The molecular formula is C15H22F3NO. The van der Waals surface area contributed by atoms with Crippen LogP contribution in [-0.2, 0) is 4.74 Å². The standard InChI is InChI=1S/C15H22F3NO/c1-9-6-10(2)12(4)14(11(9)3)13(19-5)7-20-8-15(16,17)18/h6,13,19H,7-8H2,1-5H3. The monoisotopic (exact) mass is 289 g/mol. The van der Waals surface area contributed by atoms with Crippen molar-refractivity contribution < 1.29 is 17.9 Å². The Labute approximate surface area is 118 Å². The minimum absolute atomic E-state index is 0.000579. The Morgan fingerprint density at radius 2 is 1.60 bits per heavy atom. The van der Waals surface area contributed by atoms with Crippen molar-refractivity contribution in [1.82, 2.24) is 5.32 Å². The Morgan fingerprint density at radius 1 is 1.10 bits per heavy atom. The summed E-state index contributed by atoms with van der Waals surface area (Å²) in [5.41, 5.74) is 5.51. The fourth-order valence-corrected chi connectivity index (χ4v) is 2.37. The lowest BCUT2D eigenvalue weighted by atomic mass is 9.90. The zero-order chi connectivity index (χ0) is 15.5. The first kappa shape index (κ1) is 17.0. The molecule has 0 fully saturated rings. The van der Waals surface area contributed by atoms with Gasteiger partial charge in [0.1, 0.15) is 6.61 Å². The van der Waals surface area contributed by atoms with Crippen molar-refractivity contribution in [3.63, 3.8) is 0 Å². The third-order valence-corrected chi connectivity index (χ3v) is 3.67. The van der Waals surface area contributed by atoms with Gasteiger partial charge in [-0.25, -0.2) is 0 Å². The molecule has 0 aromatic heterocycles. The van der Waals surface area contributed by atoms with Crippen LogP contribution < -0.4 is 5.32 Å². The maximum Gasteiger partial charge on any atom is 0.411 e. The molecule has 0 aliphatic rings. The predicted octanol–water partition coefficient (Wildman–Crippen LogP) is 3.76. The maximum absolute atomic E-state index is 12.2. The lowest BCUT2D eigenvalue weighted by Crippen LogP contribution is -2.27. The molecule has 0 aliphatic heterocycles. The van der Waals surface area contributed by atoms with Crippen molar-refractivity contribution in [3.05, 3.63) is 33.9 Å². The molecule has 0 bridgehead atoms. The van der Waals surface area contributed by atoms with E-state index in [0.29, 0.717) is 0 Å². The van der Waals surface area contributed by atoms with E-state index in [1.54, 1.807) is 7.05 Å². The summed E-state index contributed by atoms with van der Waals surface area (Å²) < 4.78 is 41.3. The third-order valence-electron chi connectivity index (χ3n) is 3.67. The summed E-state index contributed by atoms with van der Waals surface area (Å²) in [6.45, 7) is 6.79. The number of benzene rings is 1. The molecule has 0 heterocycles. The molecule has 0 saturated heterocycles. The normalized spacial score (nSPS) is 13.6. The van der Waals surface area contributed by atoms with Gasteiger partial charge in [-0.3, -0.25) is 0 Å². The van der Waals surface area contributed by atoms with Gasteiger partial charge in [-0.05, 0) is 62.6 Å². The van der Waals surface area contributed by atoms with Crippen LogP contribution in [0.25, 0.3) is 0 Å². The summed E-state index contributed by atoms with van der Waals surface area (Å²) in [6, 6.07) is 1.85. The quantitative estimate of drug-likeness (QED) is 0.891. The zero-order valence-corrected chi connectivity index (χ0v) is 12.6. The van der Waals surface area contributed by atoms with Gasteiger partial charge < -0.3 is 10.1 Å². The molecule has 1 unspecified atom stereocenters. The van der Waals surface area contributed by atoms with Crippen molar-refractivity contribution in [3.8, 4) is 0 Å². The average molecular weight is 289 g/mol. The number of alkyl halides is 3. The van der Waals surface area contributed by atoms with E-state index in [0.717, 1.165) is 27.8 Å². The number of aryl methyl sites for hydroxylation is 2. The van der Waals surface area contributed by atoms with Crippen LogP contribution >= 0.6 is 0 Å². The van der Waals surface area contributed by atoms with E-state index in [1.807, 2.05) is 27.7 Å². The molecule has 1 aromatic carbocycles. The molecule has 114 valence electrons.